The van der Waals surface area contributed by atoms with Crippen LogP contribution in [0.4, 0.5) is 14.5 Å². The number of hydrogen-bond acceptors (Lipinski definition) is 4. The van der Waals surface area contributed by atoms with Gasteiger partial charge in [0.1, 0.15) is 4.60 Å². The first-order chi connectivity index (χ1) is 7.34. The number of halogens is 3. The van der Waals surface area contributed by atoms with Gasteiger partial charge in [-0.2, -0.15) is 0 Å². The Balaban J connectivity index is 3.49. The molecule has 0 spiro atoms. The van der Waals surface area contributed by atoms with Crippen molar-refractivity contribution in [3.8, 4) is 0 Å². The summed E-state index contributed by atoms with van der Waals surface area (Å²) in [6, 6.07) is 0.491. The molecular weight excluding hydrogens is 294 g/mol. The van der Waals surface area contributed by atoms with Crippen molar-refractivity contribution in [1.29, 1.82) is 0 Å². The molecule has 0 unspecified atom stereocenters. The second-order valence-electron chi connectivity index (χ2n) is 2.60. The quantitative estimate of drug-likeness (QED) is 0.525. The lowest BCUT2D eigenvalue weighted by Crippen LogP contribution is -2.07. The molecule has 0 fully saturated rings. The second-order valence-corrected chi connectivity index (χ2v) is 3.35. The zero-order valence-corrected chi connectivity index (χ0v) is 8.94. The predicted octanol–water partition coefficient (Wildman–Crippen LogP) is 2.39. The van der Waals surface area contributed by atoms with Crippen molar-refractivity contribution in [1.82, 2.24) is 4.98 Å². The maximum absolute atomic E-state index is 12.4. The fourth-order valence-corrected chi connectivity index (χ4v) is 1.41. The van der Waals surface area contributed by atoms with Gasteiger partial charge in [0.15, 0.2) is 0 Å². The Morgan fingerprint density at radius 1 is 1.62 bits per heavy atom. The fourth-order valence-electron chi connectivity index (χ4n) is 0.945. The Hall–Kier alpha value is -1.64. The monoisotopic (exact) mass is 296 g/mol. The summed E-state index contributed by atoms with van der Waals surface area (Å²) in [6.07, 6.45) is -2.98. The van der Waals surface area contributed by atoms with Crippen molar-refractivity contribution >= 4 is 27.6 Å². The van der Waals surface area contributed by atoms with Crippen LogP contribution in [0.3, 0.4) is 0 Å². The highest BCUT2D eigenvalue weighted by molar-refractivity contribution is 9.10. The van der Waals surface area contributed by atoms with Gasteiger partial charge in [0.25, 0.3) is 6.43 Å². The van der Waals surface area contributed by atoms with Crippen molar-refractivity contribution in [2.24, 2.45) is 0 Å². The van der Waals surface area contributed by atoms with Crippen LogP contribution in [0.15, 0.2) is 10.7 Å². The number of aromatic nitrogens is 1. The number of carboxylic acid groups (broad SMARTS) is 1. The van der Waals surface area contributed by atoms with E-state index in [0.717, 1.165) is 0 Å². The Labute approximate surface area is 95.2 Å². The first kappa shape index (κ1) is 12.4. The third kappa shape index (κ3) is 2.30. The summed E-state index contributed by atoms with van der Waals surface area (Å²) in [7, 11) is 0. The number of nitrogens with zero attached hydrogens (tertiary/aromatic N) is 2. The van der Waals surface area contributed by atoms with Crippen LogP contribution < -0.4 is 0 Å². The molecule has 86 valence electrons. The van der Waals surface area contributed by atoms with Gasteiger partial charge < -0.3 is 5.11 Å². The van der Waals surface area contributed by atoms with Crippen LogP contribution in [-0.4, -0.2) is 21.0 Å². The van der Waals surface area contributed by atoms with Gasteiger partial charge in [0, 0.05) is 6.07 Å². The van der Waals surface area contributed by atoms with Gasteiger partial charge in [-0.05, 0) is 15.9 Å². The van der Waals surface area contributed by atoms with Crippen molar-refractivity contribution in [2.45, 2.75) is 6.43 Å². The van der Waals surface area contributed by atoms with Crippen LogP contribution in [0.1, 0.15) is 22.5 Å². The lowest BCUT2D eigenvalue weighted by molar-refractivity contribution is -0.385. The molecule has 1 aromatic rings. The van der Waals surface area contributed by atoms with E-state index >= 15 is 0 Å². The van der Waals surface area contributed by atoms with Gasteiger partial charge in [0.2, 0.25) is 5.69 Å². The number of alkyl halides is 2. The number of rotatable bonds is 3. The Morgan fingerprint density at radius 2 is 2.19 bits per heavy atom. The highest BCUT2D eigenvalue weighted by Crippen LogP contribution is 2.30. The van der Waals surface area contributed by atoms with Gasteiger partial charge >= 0.3 is 11.7 Å². The third-order valence-corrected chi connectivity index (χ3v) is 2.25. The molecule has 1 rings (SSSR count). The number of carbonyl (C=O) groups is 1. The molecule has 1 heterocycles. The molecule has 1 aromatic heterocycles. The van der Waals surface area contributed by atoms with Gasteiger partial charge in [-0.3, -0.25) is 10.1 Å². The minimum atomic E-state index is -2.98. The molecule has 0 saturated carbocycles. The van der Waals surface area contributed by atoms with Crippen LogP contribution >= 0.6 is 15.9 Å². The lowest BCUT2D eigenvalue weighted by atomic mass is 10.2. The van der Waals surface area contributed by atoms with E-state index in [1.54, 1.807) is 0 Å². The summed E-state index contributed by atoms with van der Waals surface area (Å²) in [6.45, 7) is 0. The van der Waals surface area contributed by atoms with Crippen LogP contribution in [-0.2, 0) is 0 Å². The van der Waals surface area contributed by atoms with Crippen LogP contribution in [0, 0.1) is 10.1 Å². The maximum Gasteiger partial charge on any atom is 0.361 e. The smallest absolute Gasteiger partial charge is 0.361 e. The van der Waals surface area contributed by atoms with Crippen LogP contribution in [0.2, 0.25) is 0 Å². The van der Waals surface area contributed by atoms with Crippen molar-refractivity contribution in [3.63, 3.8) is 0 Å². The average molecular weight is 297 g/mol. The van der Waals surface area contributed by atoms with Gasteiger partial charge in [-0.25, -0.2) is 18.6 Å². The zero-order valence-electron chi connectivity index (χ0n) is 7.35. The van der Waals surface area contributed by atoms with E-state index in [0.29, 0.717) is 6.07 Å². The molecule has 0 bridgehead atoms. The number of hydrogen-bond donors (Lipinski definition) is 1. The number of aromatic carboxylic acids is 1. The topological polar surface area (TPSA) is 93.3 Å². The van der Waals surface area contributed by atoms with Gasteiger partial charge in [0.05, 0.1) is 10.5 Å². The summed E-state index contributed by atoms with van der Waals surface area (Å²) in [5, 5.41) is 19.0. The molecule has 0 radical (unpaired) electrons. The van der Waals surface area contributed by atoms with E-state index < -0.39 is 38.9 Å². The molecule has 0 aliphatic rings. The molecule has 0 saturated heterocycles. The first-order valence-electron chi connectivity index (χ1n) is 3.71. The lowest BCUT2D eigenvalue weighted by Gasteiger charge is -2.04. The molecule has 9 heteroatoms. The van der Waals surface area contributed by atoms with Gasteiger partial charge in [-0.15, -0.1) is 0 Å². The molecule has 6 nitrogen and oxygen atoms in total. The van der Waals surface area contributed by atoms with Crippen LogP contribution in [0.5, 0.6) is 0 Å². The molecule has 0 aliphatic heterocycles. The molecule has 0 aromatic carbocycles. The zero-order chi connectivity index (χ0) is 12.5. The molecular formula is C7H3BrF2N2O4. The molecule has 1 N–H and O–H groups in total. The minimum Gasteiger partial charge on any atom is -0.476 e. The van der Waals surface area contributed by atoms with E-state index in [-0.39, 0.29) is 0 Å². The fraction of sp³-hybridized carbons (Fsp3) is 0.143. The van der Waals surface area contributed by atoms with E-state index in [1.165, 1.54) is 0 Å². The van der Waals surface area contributed by atoms with Crippen molar-refractivity contribution < 1.29 is 23.6 Å². The number of nitro groups is 1. The van der Waals surface area contributed by atoms with Gasteiger partial charge in [-0.1, -0.05) is 0 Å². The molecule has 16 heavy (non-hydrogen) atoms. The predicted molar refractivity (Wildman–Crippen MR) is 50.5 cm³/mol. The third-order valence-electron chi connectivity index (χ3n) is 1.62. The largest absolute Gasteiger partial charge is 0.476 e. The summed E-state index contributed by atoms with van der Waals surface area (Å²) in [5.41, 5.74) is -2.58. The molecule has 0 aliphatic carbocycles. The van der Waals surface area contributed by atoms with E-state index in [2.05, 4.69) is 20.9 Å². The van der Waals surface area contributed by atoms with E-state index in [4.69, 9.17) is 5.11 Å². The van der Waals surface area contributed by atoms with E-state index in [9.17, 15) is 23.7 Å². The SMILES string of the molecule is O=C(O)c1nc(Br)c(C(F)F)cc1[N+](=O)[O-]. The second kappa shape index (κ2) is 4.47. The van der Waals surface area contributed by atoms with Crippen LogP contribution in [0.25, 0.3) is 0 Å². The van der Waals surface area contributed by atoms with E-state index in [1.807, 2.05) is 0 Å². The number of carboxylic acids is 1. The molecule has 0 amide bonds. The summed E-state index contributed by atoms with van der Waals surface area (Å²) < 4.78 is 24.3. The Kier molecular flexibility index (Phi) is 3.48. The summed E-state index contributed by atoms with van der Waals surface area (Å²) in [4.78, 5) is 23.2. The normalized spacial score (nSPS) is 10.5. The molecule has 0 atom stereocenters. The average Bonchev–Trinajstić information content (AvgIpc) is 2.15. The Morgan fingerprint density at radius 3 is 2.56 bits per heavy atom. The number of pyridine rings is 1. The van der Waals surface area contributed by atoms with Crippen molar-refractivity contribution in [2.75, 3.05) is 0 Å². The summed E-state index contributed by atoms with van der Waals surface area (Å²) >= 11 is 2.62. The Bertz CT molecular complexity index is 466. The van der Waals surface area contributed by atoms with Crippen molar-refractivity contribution in [3.05, 3.63) is 32.0 Å². The standard InChI is InChI=1S/C7H3BrF2N2O4/c8-5-2(6(9)10)1-3(12(15)16)4(11-5)7(13)14/h1,6H,(H,13,14). The maximum atomic E-state index is 12.4. The summed E-state index contributed by atoms with van der Waals surface area (Å²) in [5.74, 6) is -1.66. The first-order valence-corrected chi connectivity index (χ1v) is 4.50. The highest BCUT2D eigenvalue weighted by atomic mass is 79.9. The highest BCUT2D eigenvalue weighted by Gasteiger charge is 2.27. The minimum absolute atomic E-state index is 0.425.